The van der Waals surface area contributed by atoms with Gasteiger partial charge in [0.15, 0.2) is 0 Å². The minimum absolute atomic E-state index is 0.143. The molecule has 1 rings (SSSR count). The summed E-state index contributed by atoms with van der Waals surface area (Å²) in [6.07, 6.45) is -7.78. The van der Waals surface area contributed by atoms with Crippen LogP contribution in [-0.2, 0) is 9.47 Å². The van der Waals surface area contributed by atoms with Gasteiger partial charge >= 0.3 is 0 Å². The lowest BCUT2D eigenvalue weighted by Gasteiger charge is -2.45. The second-order valence-corrected chi connectivity index (χ2v) is 6.13. The minimum Gasteiger partial charge on any atom is -0.829 e. The van der Waals surface area contributed by atoms with E-state index in [1.165, 1.54) is 0 Å². The summed E-state index contributed by atoms with van der Waals surface area (Å²) >= 11 is 0. The molecule has 0 aromatic heterocycles. The normalized spacial score (nSPS) is 36.9. The molecule has 120 valence electrons. The van der Waals surface area contributed by atoms with Gasteiger partial charge < -0.3 is 39.5 Å². The van der Waals surface area contributed by atoms with Crippen LogP contribution in [0.5, 0.6) is 0 Å². The van der Waals surface area contributed by atoms with E-state index in [1.807, 2.05) is 21.1 Å². The molecule has 0 aromatic carbocycles. The average Bonchev–Trinajstić information content (AvgIpc) is 2.31. The van der Waals surface area contributed by atoms with Crippen LogP contribution in [0.4, 0.5) is 0 Å². The molecule has 0 bridgehead atoms. The number of aliphatic hydroxyl groups excluding tert-OH is 4. The molecule has 8 heteroatoms. The maximum absolute atomic E-state index is 11.7. The third kappa shape index (κ3) is 4.90. The van der Waals surface area contributed by atoms with Gasteiger partial charge in [-0.1, -0.05) is 0 Å². The molecule has 4 N–H and O–H groups in total. The minimum atomic E-state index is -1.72. The standard InChI is InChI=1S/C12H25NO7/c1-13(2,3)4-7(15)6-19-11-10(17)9(16)8(5-14)20-12(11)18/h7-12,14-17H,4-6H2,1-3H3/t7?,8-,9+,10+,11-,12-/m1/s1. The van der Waals surface area contributed by atoms with E-state index < -0.39 is 43.4 Å². The third-order valence-electron chi connectivity index (χ3n) is 3.06. The number of nitrogens with zero attached hydrogens (tertiary/aromatic N) is 1. The summed E-state index contributed by atoms with van der Waals surface area (Å²) in [7, 11) is 5.69. The Morgan fingerprint density at radius 2 is 1.85 bits per heavy atom. The predicted octanol–water partition coefficient (Wildman–Crippen LogP) is -3.76. The monoisotopic (exact) mass is 295 g/mol. The fraction of sp³-hybridized carbons (Fsp3) is 1.00. The van der Waals surface area contributed by atoms with Crippen molar-refractivity contribution in [2.24, 2.45) is 0 Å². The highest BCUT2D eigenvalue weighted by molar-refractivity contribution is 4.89. The Bertz CT molecular complexity index is 296. The van der Waals surface area contributed by atoms with Crippen LogP contribution in [0, 0.1) is 0 Å². The number of hydrogen-bond acceptors (Lipinski definition) is 7. The average molecular weight is 295 g/mol. The van der Waals surface area contributed by atoms with Crippen molar-refractivity contribution in [3.63, 3.8) is 0 Å². The Morgan fingerprint density at radius 1 is 1.25 bits per heavy atom. The summed E-state index contributed by atoms with van der Waals surface area (Å²) in [4.78, 5) is 0. The molecule has 8 nitrogen and oxygen atoms in total. The van der Waals surface area contributed by atoms with Crippen LogP contribution in [-0.4, -0.2) is 103 Å². The van der Waals surface area contributed by atoms with E-state index in [4.69, 9.17) is 14.6 Å². The Labute approximate surface area is 118 Å². The third-order valence-corrected chi connectivity index (χ3v) is 3.06. The van der Waals surface area contributed by atoms with Crippen molar-refractivity contribution in [2.75, 3.05) is 40.9 Å². The molecular formula is C12H25NO7. The van der Waals surface area contributed by atoms with Crippen LogP contribution in [0.1, 0.15) is 0 Å². The van der Waals surface area contributed by atoms with Gasteiger partial charge in [-0.2, -0.15) is 0 Å². The van der Waals surface area contributed by atoms with Gasteiger partial charge in [0.1, 0.15) is 31.0 Å². The molecule has 1 heterocycles. The molecule has 0 radical (unpaired) electrons. The first-order chi connectivity index (χ1) is 9.15. The van der Waals surface area contributed by atoms with Crippen molar-refractivity contribution in [1.82, 2.24) is 0 Å². The molecular weight excluding hydrogens is 270 g/mol. The number of quaternary nitrogens is 1. The molecule has 6 atom stereocenters. The number of likely N-dealkylation sites (N-methyl/N-ethyl adjacent to an activating group) is 1. The Hall–Kier alpha value is -0.320. The summed E-state index contributed by atoms with van der Waals surface area (Å²) in [5.41, 5.74) is 0. The smallest absolute Gasteiger partial charge is 0.126 e. The number of aliphatic hydroxyl groups is 4. The molecule has 1 aliphatic rings. The van der Waals surface area contributed by atoms with Crippen molar-refractivity contribution in [3.05, 3.63) is 0 Å². The first-order valence-electron chi connectivity index (χ1n) is 6.54. The van der Waals surface area contributed by atoms with Gasteiger partial charge in [-0.3, -0.25) is 0 Å². The second kappa shape index (κ2) is 7.10. The molecule has 1 saturated heterocycles. The van der Waals surface area contributed by atoms with Crippen LogP contribution in [0.15, 0.2) is 0 Å². The van der Waals surface area contributed by atoms with Crippen LogP contribution >= 0.6 is 0 Å². The molecule has 0 aromatic rings. The van der Waals surface area contributed by atoms with Crippen molar-refractivity contribution in [1.29, 1.82) is 0 Å². The van der Waals surface area contributed by atoms with Crippen molar-refractivity contribution in [2.45, 2.75) is 36.8 Å². The lowest BCUT2D eigenvalue weighted by atomic mass is 9.99. The van der Waals surface area contributed by atoms with Gasteiger partial charge in [0.25, 0.3) is 0 Å². The summed E-state index contributed by atoms with van der Waals surface area (Å²) in [6, 6.07) is 0. The van der Waals surface area contributed by atoms with E-state index in [0.717, 1.165) is 0 Å². The van der Waals surface area contributed by atoms with Gasteiger partial charge in [0.2, 0.25) is 0 Å². The zero-order valence-corrected chi connectivity index (χ0v) is 12.0. The van der Waals surface area contributed by atoms with Crippen LogP contribution in [0.2, 0.25) is 0 Å². The second-order valence-electron chi connectivity index (χ2n) is 6.13. The van der Waals surface area contributed by atoms with E-state index in [2.05, 4.69) is 0 Å². The van der Waals surface area contributed by atoms with E-state index in [1.54, 1.807) is 0 Å². The van der Waals surface area contributed by atoms with E-state index in [-0.39, 0.29) is 6.61 Å². The van der Waals surface area contributed by atoms with Crippen molar-refractivity contribution in [3.8, 4) is 0 Å². The van der Waals surface area contributed by atoms with Crippen LogP contribution in [0.3, 0.4) is 0 Å². The number of hydrogen-bond donors (Lipinski definition) is 4. The first-order valence-corrected chi connectivity index (χ1v) is 6.54. The molecule has 1 fully saturated rings. The van der Waals surface area contributed by atoms with Gasteiger partial charge in [0, 0.05) is 6.29 Å². The highest BCUT2D eigenvalue weighted by Gasteiger charge is 2.40. The number of ether oxygens (including phenoxy) is 2. The lowest BCUT2D eigenvalue weighted by molar-refractivity contribution is -0.873. The summed E-state index contributed by atoms with van der Waals surface area (Å²) in [5.74, 6) is 0. The quantitative estimate of drug-likeness (QED) is 0.371. The highest BCUT2D eigenvalue weighted by Crippen LogP contribution is 2.21. The molecule has 1 unspecified atom stereocenters. The highest BCUT2D eigenvalue weighted by atomic mass is 16.7. The molecule has 0 spiro atoms. The molecule has 0 aliphatic carbocycles. The Morgan fingerprint density at radius 3 is 2.35 bits per heavy atom. The predicted molar refractivity (Wildman–Crippen MR) is 66.4 cm³/mol. The summed E-state index contributed by atoms with van der Waals surface area (Å²) in [6.45, 7) is -0.293. The van der Waals surface area contributed by atoms with Gasteiger partial charge in [-0.05, 0) is 0 Å². The maximum Gasteiger partial charge on any atom is 0.126 e. The zero-order chi connectivity index (χ0) is 15.5. The van der Waals surface area contributed by atoms with Crippen LogP contribution < -0.4 is 5.11 Å². The van der Waals surface area contributed by atoms with E-state index in [9.17, 15) is 20.4 Å². The Kier molecular flexibility index (Phi) is 6.29. The number of rotatable bonds is 6. The molecule has 0 saturated carbocycles. The summed E-state index contributed by atoms with van der Waals surface area (Å²) < 4.78 is 10.5. The molecule has 1 aliphatic heterocycles. The maximum atomic E-state index is 11.7. The summed E-state index contributed by atoms with van der Waals surface area (Å²) in [5, 5.41) is 49.8. The van der Waals surface area contributed by atoms with Gasteiger partial charge in [0.05, 0.1) is 40.5 Å². The van der Waals surface area contributed by atoms with Gasteiger partial charge in [-0.25, -0.2) is 0 Å². The molecule has 20 heavy (non-hydrogen) atoms. The SMILES string of the molecule is C[N+](C)(C)CC(O)CO[C@@H]1[C@@H](O)[C@@H](O)[C@@H](CO)O[C@H]1[O-]. The zero-order valence-electron chi connectivity index (χ0n) is 12.0. The first kappa shape index (κ1) is 17.7. The lowest BCUT2D eigenvalue weighted by Crippen LogP contribution is -2.63. The Balaban J connectivity index is 2.50. The van der Waals surface area contributed by atoms with E-state index >= 15 is 0 Å². The topological polar surface area (TPSA) is 122 Å². The fourth-order valence-corrected chi connectivity index (χ4v) is 2.14. The van der Waals surface area contributed by atoms with Crippen molar-refractivity contribution >= 4 is 0 Å². The van der Waals surface area contributed by atoms with Crippen LogP contribution in [0.25, 0.3) is 0 Å². The fourth-order valence-electron chi connectivity index (χ4n) is 2.14. The largest absolute Gasteiger partial charge is 0.829 e. The van der Waals surface area contributed by atoms with Crippen molar-refractivity contribution < 1.29 is 39.5 Å². The van der Waals surface area contributed by atoms with Gasteiger partial charge in [-0.15, -0.1) is 0 Å². The molecule has 0 amide bonds. The van der Waals surface area contributed by atoms with E-state index in [0.29, 0.717) is 11.0 Å².